The maximum atomic E-state index is 12.5. The molecule has 220 valence electrons. The van der Waals surface area contributed by atoms with E-state index in [1.165, 1.54) is 18.5 Å². The van der Waals surface area contributed by atoms with Gasteiger partial charge in [0.25, 0.3) is 0 Å². The predicted octanol–water partition coefficient (Wildman–Crippen LogP) is 6.69. The molecule has 3 heterocycles. The molecule has 42 heavy (non-hydrogen) atoms. The molecule has 1 saturated heterocycles. The van der Waals surface area contributed by atoms with E-state index < -0.39 is 6.61 Å². The van der Waals surface area contributed by atoms with Gasteiger partial charge in [0.1, 0.15) is 11.6 Å². The molecule has 0 amide bonds. The van der Waals surface area contributed by atoms with Gasteiger partial charge in [-0.3, -0.25) is 0 Å². The van der Waals surface area contributed by atoms with Crippen molar-refractivity contribution in [3.8, 4) is 28.3 Å². The minimum absolute atomic E-state index is 0.148. The normalized spacial score (nSPS) is 21.0. The van der Waals surface area contributed by atoms with Gasteiger partial charge in [-0.2, -0.15) is 8.78 Å². The van der Waals surface area contributed by atoms with Crippen LogP contribution < -0.4 is 20.3 Å². The fourth-order valence-corrected chi connectivity index (χ4v) is 6.09. The van der Waals surface area contributed by atoms with Crippen molar-refractivity contribution < 1.29 is 17.9 Å². The Morgan fingerprint density at radius 1 is 0.881 bits per heavy atom. The molecule has 3 atom stereocenters. The lowest BCUT2D eigenvalue weighted by Gasteiger charge is -2.40. The van der Waals surface area contributed by atoms with Crippen LogP contribution in [0, 0.1) is 6.92 Å². The van der Waals surface area contributed by atoms with E-state index in [2.05, 4.69) is 47.6 Å². The van der Waals surface area contributed by atoms with Gasteiger partial charge >= 0.3 is 6.61 Å². The summed E-state index contributed by atoms with van der Waals surface area (Å²) >= 11 is 0. The molecule has 0 radical (unpaired) electrons. The second kappa shape index (κ2) is 12.9. The number of halogens is 2. The Labute approximate surface area is 244 Å². The number of hydrogen-bond donors (Lipinski definition) is 2. The summed E-state index contributed by atoms with van der Waals surface area (Å²) < 4.78 is 35.1. The Balaban J connectivity index is 1.08. The number of piperidine rings is 1. The second-order valence-electron chi connectivity index (χ2n) is 11.1. The lowest BCUT2D eigenvalue weighted by Crippen LogP contribution is -2.54. The van der Waals surface area contributed by atoms with Crippen LogP contribution in [0.15, 0.2) is 71.3 Å². The van der Waals surface area contributed by atoms with E-state index in [9.17, 15) is 8.78 Å². The fourth-order valence-electron chi connectivity index (χ4n) is 6.09. The number of aryl methyl sites for hydroxylation is 1. The highest BCUT2D eigenvalue weighted by Crippen LogP contribution is 2.29. The zero-order chi connectivity index (χ0) is 28.9. The molecule has 2 fully saturated rings. The van der Waals surface area contributed by atoms with Crippen molar-refractivity contribution in [3.63, 3.8) is 0 Å². The summed E-state index contributed by atoms with van der Waals surface area (Å²) in [6, 6.07) is 20.1. The second-order valence-corrected chi connectivity index (χ2v) is 11.1. The Kier molecular flexibility index (Phi) is 8.60. The van der Waals surface area contributed by atoms with Gasteiger partial charge in [0.05, 0.1) is 0 Å². The Morgan fingerprint density at radius 3 is 2.38 bits per heavy atom. The molecule has 1 aliphatic heterocycles. The van der Waals surface area contributed by atoms with E-state index in [1.54, 1.807) is 37.4 Å². The number of nitrogens with zero attached hydrogens (tertiary/aromatic N) is 4. The molecule has 0 bridgehead atoms. The van der Waals surface area contributed by atoms with Gasteiger partial charge < -0.3 is 24.7 Å². The average Bonchev–Trinajstić information content (AvgIpc) is 3.45. The standard InChI is InChI=1S/C32H36F2N6O2/c1-21-38-39-31(41-21)23-8-12-26(13-9-23)40-18-4-5-25(20-40)36-28-6-2-3-7-29(28)37-30-19-24(16-17-35-30)22-10-14-27(15-11-22)42-32(33)34/h8-17,19,25,28-29,32,36H,2-7,18,20H2,1H3,(H,35,37)/t25-,28+,29+/m0/s1. The van der Waals surface area contributed by atoms with Crippen LogP contribution >= 0.6 is 0 Å². The molecule has 0 spiro atoms. The Hall–Kier alpha value is -4.05. The van der Waals surface area contributed by atoms with Gasteiger partial charge in [0.2, 0.25) is 11.8 Å². The maximum Gasteiger partial charge on any atom is 0.387 e. The summed E-state index contributed by atoms with van der Waals surface area (Å²) in [5, 5.41) is 15.8. The molecule has 1 saturated carbocycles. The molecule has 8 nitrogen and oxygen atoms in total. The topological polar surface area (TPSA) is 88.3 Å². The molecule has 2 aromatic carbocycles. The summed E-state index contributed by atoms with van der Waals surface area (Å²) in [5.41, 5.74) is 4.02. The number of rotatable bonds is 9. The van der Waals surface area contributed by atoms with E-state index >= 15 is 0 Å². The van der Waals surface area contributed by atoms with Crippen LogP contribution in [0.1, 0.15) is 44.4 Å². The predicted molar refractivity (Wildman–Crippen MR) is 159 cm³/mol. The van der Waals surface area contributed by atoms with E-state index in [4.69, 9.17) is 4.42 Å². The molecule has 6 rings (SSSR count). The highest BCUT2D eigenvalue weighted by atomic mass is 19.3. The molecule has 2 aromatic heterocycles. The smallest absolute Gasteiger partial charge is 0.387 e. The van der Waals surface area contributed by atoms with Gasteiger partial charge in [-0.05, 0) is 85.3 Å². The Morgan fingerprint density at radius 2 is 1.64 bits per heavy atom. The summed E-state index contributed by atoms with van der Waals surface area (Å²) in [5.74, 6) is 2.08. The zero-order valence-corrected chi connectivity index (χ0v) is 23.7. The van der Waals surface area contributed by atoms with Crippen molar-refractivity contribution in [1.29, 1.82) is 0 Å². The number of aromatic nitrogens is 3. The van der Waals surface area contributed by atoms with Crippen molar-refractivity contribution in [1.82, 2.24) is 20.5 Å². The number of benzene rings is 2. The number of anilines is 2. The van der Waals surface area contributed by atoms with E-state index in [0.29, 0.717) is 23.9 Å². The van der Waals surface area contributed by atoms with Crippen molar-refractivity contribution in [2.75, 3.05) is 23.3 Å². The molecule has 2 N–H and O–H groups in total. The average molecular weight is 575 g/mol. The number of nitrogens with one attached hydrogen (secondary N) is 2. The SMILES string of the molecule is Cc1nnc(-c2ccc(N3CCC[C@H](N[C@@H]4CCCC[C@H]4Nc4cc(-c5ccc(OC(F)F)cc5)ccn4)C3)cc2)o1. The zero-order valence-electron chi connectivity index (χ0n) is 23.7. The summed E-state index contributed by atoms with van der Waals surface area (Å²) in [7, 11) is 0. The summed E-state index contributed by atoms with van der Waals surface area (Å²) in [6.45, 7) is 0.960. The van der Waals surface area contributed by atoms with Crippen molar-refractivity contribution in [2.45, 2.75) is 70.2 Å². The van der Waals surface area contributed by atoms with Gasteiger partial charge in [-0.15, -0.1) is 10.2 Å². The number of hydrogen-bond acceptors (Lipinski definition) is 8. The third-order valence-electron chi connectivity index (χ3n) is 8.15. The van der Waals surface area contributed by atoms with E-state index in [-0.39, 0.29) is 11.8 Å². The first-order chi connectivity index (χ1) is 20.5. The number of pyridine rings is 1. The first kappa shape index (κ1) is 28.1. The van der Waals surface area contributed by atoms with Crippen LogP contribution in [0.2, 0.25) is 0 Å². The van der Waals surface area contributed by atoms with Gasteiger partial charge in [-0.1, -0.05) is 25.0 Å². The van der Waals surface area contributed by atoms with Crippen LogP contribution in [-0.2, 0) is 0 Å². The van der Waals surface area contributed by atoms with Crippen LogP contribution in [0.3, 0.4) is 0 Å². The van der Waals surface area contributed by atoms with Crippen LogP contribution in [-0.4, -0.2) is 53.0 Å². The number of ether oxygens (including phenoxy) is 1. The molecule has 1 aliphatic carbocycles. The van der Waals surface area contributed by atoms with Gasteiger partial charge in [-0.25, -0.2) is 4.98 Å². The maximum absolute atomic E-state index is 12.5. The Bertz CT molecular complexity index is 1450. The van der Waals surface area contributed by atoms with Gasteiger partial charge in [0.15, 0.2) is 0 Å². The molecular weight excluding hydrogens is 538 g/mol. The lowest BCUT2D eigenvalue weighted by atomic mass is 9.89. The van der Waals surface area contributed by atoms with Crippen molar-refractivity contribution in [3.05, 3.63) is 72.8 Å². The third kappa shape index (κ3) is 6.87. The van der Waals surface area contributed by atoms with Crippen molar-refractivity contribution >= 4 is 11.5 Å². The van der Waals surface area contributed by atoms with Crippen LogP contribution in [0.5, 0.6) is 5.75 Å². The monoisotopic (exact) mass is 574 g/mol. The molecule has 2 aliphatic rings. The first-order valence-corrected chi connectivity index (χ1v) is 14.7. The molecule has 4 aromatic rings. The van der Waals surface area contributed by atoms with Gasteiger partial charge in [0, 0.05) is 55.6 Å². The lowest BCUT2D eigenvalue weighted by molar-refractivity contribution is -0.0498. The summed E-state index contributed by atoms with van der Waals surface area (Å²) in [4.78, 5) is 7.05. The largest absolute Gasteiger partial charge is 0.435 e. The highest BCUT2D eigenvalue weighted by Gasteiger charge is 2.29. The summed E-state index contributed by atoms with van der Waals surface area (Å²) in [6.07, 6.45) is 8.67. The van der Waals surface area contributed by atoms with Crippen LogP contribution in [0.25, 0.3) is 22.6 Å². The minimum atomic E-state index is -2.83. The fraction of sp³-hybridized carbons (Fsp3) is 0.406. The van der Waals surface area contributed by atoms with Crippen molar-refractivity contribution in [2.24, 2.45) is 0 Å². The minimum Gasteiger partial charge on any atom is -0.435 e. The number of alkyl halides is 2. The molecular formula is C32H36F2N6O2. The highest BCUT2D eigenvalue weighted by molar-refractivity contribution is 5.67. The first-order valence-electron chi connectivity index (χ1n) is 14.7. The van der Waals surface area contributed by atoms with E-state index in [1.807, 2.05) is 24.3 Å². The third-order valence-corrected chi connectivity index (χ3v) is 8.15. The van der Waals surface area contributed by atoms with Crippen LogP contribution in [0.4, 0.5) is 20.3 Å². The molecule has 10 heteroatoms. The quantitative estimate of drug-likeness (QED) is 0.229. The molecule has 0 unspecified atom stereocenters. The van der Waals surface area contributed by atoms with E-state index in [0.717, 1.165) is 61.3 Å².